The summed E-state index contributed by atoms with van der Waals surface area (Å²) in [5.74, 6) is 3.65. The van der Waals surface area contributed by atoms with E-state index in [0.717, 1.165) is 32.1 Å². The molecule has 0 aliphatic heterocycles. The van der Waals surface area contributed by atoms with Crippen molar-refractivity contribution in [3.8, 4) is 11.3 Å². The van der Waals surface area contributed by atoms with Gasteiger partial charge >= 0.3 is 0 Å². The van der Waals surface area contributed by atoms with Gasteiger partial charge in [-0.15, -0.1) is 0 Å². The summed E-state index contributed by atoms with van der Waals surface area (Å²) in [5.41, 5.74) is -2.01. The summed E-state index contributed by atoms with van der Waals surface area (Å²) >= 11 is 5.62. The highest BCUT2D eigenvalue weighted by molar-refractivity contribution is 6.30. The molecular weight excluding hydrogens is 352 g/mol. The van der Waals surface area contributed by atoms with E-state index in [1.54, 1.807) is 0 Å². The van der Waals surface area contributed by atoms with Gasteiger partial charge in [0.1, 0.15) is 6.10 Å². The second-order valence-corrected chi connectivity index (χ2v) is 9.85. The topological polar surface area (TPSA) is 77.8 Å². The minimum Gasteiger partial charge on any atom is -0.389 e. The van der Waals surface area contributed by atoms with Crippen LogP contribution in [0.2, 0.25) is 0 Å². The maximum absolute atomic E-state index is 12.6. The molecule has 4 fully saturated rings. The number of Topliss-reactive ketones (excluding diaryl/α,β-unsaturated/α-hetero) is 1. The Morgan fingerprint density at radius 1 is 1.08 bits per heavy atom. The van der Waals surface area contributed by atoms with Crippen LogP contribution in [0.4, 0.5) is 0 Å². The molecule has 4 nitrogen and oxygen atoms in total. The molecule has 0 amide bonds. The molecule has 9 atom stereocenters. The number of ketones is 1. The Morgan fingerprint density at radius 3 is 2.50 bits per heavy atom. The Bertz CT molecular complexity index is 683. The van der Waals surface area contributed by atoms with Crippen molar-refractivity contribution in [1.82, 2.24) is 0 Å². The number of rotatable bonds is 0. The van der Waals surface area contributed by atoms with Crippen LogP contribution < -0.4 is 0 Å². The molecule has 0 saturated heterocycles. The first-order valence-electron chi connectivity index (χ1n) is 9.94. The van der Waals surface area contributed by atoms with Crippen LogP contribution in [-0.2, 0) is 4.79 Å². The van der Waals surface area contributed by atoms with Gasteiger partial charge in [0.05, 0.1) is 6.10 Å². The third-order valence-electron chi connectivity index (χ3n) is 8.95. The van der Waals surface area contributed by atoms with Crippen LogP contribution in [0.3, 0.4) is 0 Å². The number of hydrogen-bond acceptors (Lipinski definition) is 4. The molecule has 0 spiro atoms. The van der Waals surface area contributed by atoms with Crippen molar-refractivity contribution in [3.63, 3.8) is 0 Å². The zero-order chi connectivity index (χ0) is 18.9. The Kier molecular flexibility index (Phi) is 4.29. The summed E-state index contributed by atoms with van der Waals surface area (Å²) in [4.78, 5) is 12.6. The molecule has 3 N–H and O–H groups in total. The molecule has 4 rings (SSSR count). The van der Waals surface area contributed by atoms with Crippen molar-refractivity contribution >= 4 is 17.4 Å². The molecule has 5 heteroatoms. The van der Waals surface area contributed by atoms with Crippen molar-refractivity contribution in [1.29, 1.82) is 0 Å². The first kappa shape index (κ1) is 18.7. The van der Waals surface area contributed by atoms with Gasteiger partial charge in [0.25, 0.3) is 0 Å². The van der Waals surface area contributed by atoms with Crippen LogP contribution >= 0.6 is 11.6 Å². The zero-order valence-electron chi connectivity index (χ0n) is 15.5. The molecule has 4 aliphatic rings. The van der Waals surface area contributed by atoms with Gasteiger partial charge in [0.15, 0.2) is 11.4 Å². The molecule has 4 saturated carbocycles. The van der Waals surface area contributed by atoms with Gasteiger partial charge in [-0.05, 0) is 85.6 Å². The van der Waals surface area contributed by atoms with Gasteiger partial charge in [0.2, 0.25) is 0 Å². The fraction of sp³-hybridized carbons (Fsp3) is 0.857. The highest BCUT2D eigenvalue weighted by atomic mass is 35.5. The number of aliphatic hydroxyl groups is 3. The maximum atomic E-state index is 12.6. The number of hydrogen-bond donors (Lipinski definition) is 3. The first-order chi connectivity index (χ1) is 12.2. The summed E-state index contributed by atoms with van der Waals surface area (Å²) in [6, 6.07) is 0. The van der Waals surface area contributed by atoms with Crippen LogP contribution in [0, 0.1) is 45.8 Å². The highest BCUT2D eigenvalue weighted by Gasteiger charge is 2.68. The molecule has 0 radical (unpaired) electrons. The van der Waals surface area contributed by atoms with Gasteiger partial charge in [-0.25, -0.2) is 0 Å². The van der Waals surface area contributed by atoms with Gasteiger partial charge in [-0.2, -0.15) is 0 Å². The lowest BCUT2D eigenvalue weighted by Gasteiger charge is -2.60. The van der Waals surface area contributed by atoms with Crippen LogP contribution in [0.5, 0.6) is 0 Å². The van der Waals surface area contributed by atoms with E-state index in [-0.39, 0.29) is 23.0 Å². The quantitative estimate of drug-likeness (QED) is 0.564. The molecule has 26 heavy (non-hydrogen) atoms. The molecule has 144 valence electrons. The number of halogens is 1. The van der Waals surface area contributed by atoms with E-state index < -0.39 is 23.2 Å². The third-order valence-corrected chi connectivity index (χ3v) is 9.05. The second kappa shape index (κ2) is 5.95. The summed E-state index contributed by atoms with van der Waals surface area (Å²) < 4.78 is 0. The fourth-order valence-corrected chi connectivity index (χ4v) is 7.57. The lowest BCUT2D eigenvalue weighted by molar-refractivity contribution is -0.166. The smallest absolute Gasteiger partial charge is 0.164 e. The lowest BCUT2D eigenvalue weighted by Crippen LogP contribution is -2.59. The van der Waals surface area contributed by atoms with Crippen molar-refractivity contribution in [3.05, 3.63) is 0 Å². The predicted octanol–water partition coefficient (Wildman–Crippen LogP) is 2.47. The zero-order valence-corrected chi connectivity index (χ0v) is 16.3. The molecule has 4 aliphatic carbocycles. The van der Waals surface area contributed by atoms with Gasteiger partial charge < -0.3 is 15.3 Å². The van der Waals surface area contributed by atoms with Gasteiger partial charge in [-0.3, -0.25) is 4.79 Å². The predicted molar refractivity (Wildman–Crippen MR) is 98.1 cm³/mol. The van der Waals surface area contributed by atoms with E-state index >= 15 is 0 Å². The fourth-order valence-electron chi connectivity index (χ4n) is 7.42. The number of carbonyl (C=O) groups excluding carboxylic acids is 1. The number of aliphatic hydroxyl groups excluding tert-OH is 2. The van der Waals surface area contributed by atoms with E-state index in [1.807, 2.05) is 0 Å². The van der Waals surface area contributed by atoms with Crippen molar-refractivity contribution in [2.45, 2.75) is 76.6 Å². The number of fused-ring (bicyclic) bond motifs is 5. The monoisotopic (exact) mass is 380 g/mol. The molecule has 0 aromatic carbocycles. The summed E-state index contributed by atoms with van der Waals surface area (Å²) in [7, 11) is 0. The van der Waals surface area contributed by atoms with Gasteiger partial charge in [-0.1, -0.05) is 13.8 Å². The average Bonchev–Trinajstić information content (AvgIpc) is 2.79. The molecule has 0 aromatic rings. The van der Waals surface area contributed by atoms with Crippen molar-refractivity contribution in [2.24, 2.45) is 34.5 Å². The van der Waals surface area contributed by atoms with E-state index in [4.69, 9.17) is 11.6 Å². The number of carbonyl (C=O) groups is 1. The molecule has 0 aromatic heterocycles. The van der Waals surface area contributed by atoms with Crippen LogP contribution in [0.25, 0.3) is 0 Å². The SMILES string of the molecule is C[C@]12CCC(O)C(=O)C1CC[C@@H]1[C@H]2CC[C@@]2(C)[C@H]1CC(O)C2(O)C#CCl. The standard InChI is InChI=1S/C21H29ClO4/c1-19-7-6-16(23)18(25)14(19)4-3-12-13(19)5-8-20(2)15(12)11-17(24)21(20,26)9-10-22/h12-17,23-24,26H,3-8,11H2,1-2H3/t12-,13-,14?,15+,16?,17?,19-,20+,21?/m1/s1. The normalized spacial score (nSPS) is 56.0. The summed E-state index contributed by atoms with van der Waals surface area (Å²) in [5, 5.41) is 34.2. The van der Waals surface area contributed by atoms with Crippen LogP contribution in [0.15, 0.2) is 0 Å². The van der Waals surface area contributed by atoms with Crippen LogP contribution in [-0.4, -0.2) is 38.9 Å². The van der Waals surface area contributed by atoms with Gasteiger partial charge in [0, 0.05) is 16.7 Å². The van der Waals surface area contributed by atoms with E-state index in [9.17, 15) is 20.1 Å². The summed E-state index contributed by atoms with van der Waals surface area (Å²) in [6.07, 6.45) is 3.71. The Morgan fingerprint density at radius 2 is 1.81 bits per heavy atom. The average molecular weight is 381 g/mol. The van der Waals surface area contributed by atoms with Crippen LogP contribution in [0.1, 0.15) is 58.8 Å². The minimum absolute atomic E-state index is 0.0292. The van der Waals surface area contributed by atoms with E-state index in [2.05, 4.69) is 25.1 Å². The Hall–Kier alpha value is -0.600. The second-order valence-electron chi connectivity index (χ2n) is 9.66. The molecule has 0 bridgehead atoms. The largest absolute Gasteiger partial charge is 0.389 e. The van der Waals surface area contributed by atoms with Crippen molar-refractivity contribution < 1.29 is 20.1 Å². The first-order valence-corrected chi connectivity index (χ1v) is 10.3. The summed E-state index contributed by atoms with van der Waals surface area (Å²) in [6.45, 7) is 4.28. The van der Waals surface area contributed by atoms with E-state index in [0.29, 0.717) is 24.7 Å². The maximum Gasteiger partial charge on any atom is 0.164 e. The third kappa shape index (κ3) is 2.18. The minimum atomic E-state index is -1.46. The molecule has 0 heterocycles. The molecular formula is C21H29ClO4. The molecule has 4 unspecified atom stereocenters. The Labute approximate surface area is 160 Å². The van der Waals surface area contributed by atoms with E-state index in [1.165, 1.54) is 0 Å². The highest BCUT2D eigenvalue weighted by Crippen LogP contribution is 2.67. The Balaban J connectivity index is 1.69. The lowest BCUT2D eigenvalue weighted by atomic mass is 9.44. The van der Waals surface area contributed by atoms with Crippen molar-refractivity contribution in [2.75, 3.05) is 0 Å².